The summed E-state index contributed by atoms with van der Waals surface area (Å²) in [6, 6.07) is 1.78. The van der Waals surface area contributed by atoms with Crippen molar-refractivity contribution < 1.29 is 4.79 Å². The van der Waals surface area contributed by atoms with Crippen LogP contribution < -0.4 is 5.73 Å². The molecular weight excluding hydrogens is 166 g/mol. The Morgan fingerprint density at radius 1 is 1.54 bits per heavy atom. The smallest absolute Gasteiger partial charge is 0.220 e. The van der Waals surface area contributed by atoms with Crippen LogP contribution in [0.1, 0.15) is 24.7 Å². The number of aromatic nitrogens is 2. The van der Waals surface area contributed by atoms with Crippen molar-refractivity contribution in [2.75, 3.05) is 5.73 Å². The largest absolute Gasteiger partial charge is 0.368 e. The number of nitrogen functional groups attached to an aromatic ring is 1. The number of Topliss-reactive ketones (excluding diaryl/α,β-unsaturated/α-hetero) is 1. The van der Waals surface area contributed by atoms with Gasteiger partial charge in [-0.25, -0.2) is 9.97 Å². The molecule has 0 aliphatic carbocycles. The molecule has 0 aliphatic rings. The molecule has 0 amide bonds. The van der Waals surface area contributed by atoms with E-state index in [1.54, 1.807) is 6.07 Å². The molecule has 0 fully saturated rings. The third-order valence-electron chi connectivity index (χ3n) is 1.70. The van der Waals surface area contributed by atoms with Gasteiger partial charge in [0.25, 0.3) is 0 Å². The van der Waals surface area contributed by atoms with Gasteiger partial charge in [0.1, 0.15) is 5.78 Å². The van der Waals surface area contributed by atoms with Gasteiger partial charge in [-0.15, -0.1) is 0 Å². The lowest BCUT2D eigenvalue weighted by atomic mass is 10.1. The quantitative estimate of drug-likeness (QED) is 0.748. The van der Waals surface area contributed by atoms with Crippen molar-refractivity contribution in [1.82, 2.24) is 9.97 Å². The van der Waals surface area contributed by atoms with Crippen LogP contribution in [0.15, 0.2) is 6.07 Å². The standard InChI is InChI=1S/C9H13N3O/c1-3-8(13)5-7-4-6(2)11-9(10)12-7/h4H,3,5H2,1-2H3,(H2,10,11,12). The Morgan fingerprint density at radius 2 is 2.23 bits per heavy atom. The van der Waals surface area contributed by atoms with Crippen LogP contribution in [0.2, 0.25) is 0 Å². The first-order chi connectivity index (χ1) is 6.11. The summed E-state index contributed by atoms with van der Waals surface area (Å²) in [6.45, 7) is 3.66. The molecule has 13 heavy (non-hydrogen) atoms. The van der Waals surface area contributed by atoms with Gasteiger partial charge in [-0.05, 0) is 13.0 Å². The number of anilines is 1. The Bertz CT molecular complexity index is 302. The number of ketones is 1. The second-order valence-electron chi connectivity index (χ2n) is 2.93. The van der Waals surface area contributed by atoms with Crippen LogP contribution >= 0.6 is 0 Å². The van der Waals surface area contributed by atoms with Gasteiger partial charge >= 0.3 is 0 Å². The molecule has 0 aliphatic heterocycles. The van der Waals surface area contributed by atoms with Crippen LogP contribution in [-0.4, -0.2) is 15.8 Å². The fourth-order valence-electron chi connectivity index (χ4n) is 1.08. The van der Waals surface area contributed by atoms with E-state index in [2.05, 4.69) is 9.97 Å². The molecule has 1 aromatic rings. The molecular formula is C9H13N3O. The number of rotatable bonds is 3. The maximum atomic E-state index is 11.1. The SMILES string of the molecule is CCC(=O)Cc1cc(C)nc(N)n1. The number of hydrogen-bond donors (Lipinski definition) is 1. The van der Waals surface area contributed by atoms with Crippen molar-refractivity contribution in [3.63, 3.8) is 0 Å². The fourth-order valence-corrected chi connectivity index (χ4v) is 1.08. The summed E-state index contributed by atoms with van der Waals surface area (Å²) in [5, 5.41) is 0. The Kier molecular flexibility index (Phi) is 2.95. The number of nitrogens with two attached hydrogens (primary N) is 1. The van der Waals surface area contributed by atoms with Crippen molar-refractivity contribution in [3.8, 4) is 0 Å². The molecule has 2 N–H and O–H groups in total. The average molecular weight is 179 g/mol. The van der Waals surface area contributed by atoms with Crippen LogP contribution in [-0.2, 0) is 11.2 Å². The van der Waals surface area contributed by atoms with E-state index in [9.17, 15) is 4.79 Å². The van der Waals surface area contributed by atoms with Crippen molar-refractivity contribution in [2.45, 2.75) is 26.7 Å². The Morgan fingerprint density at radius 3 is 2.77 bits per heavy atom. The molecule has 4 nitrogen and oxygen atoms in total. The molecule has 0 atom stereocenters. The van der Waals surface area contributed by atoms with Gasteiger partial charge in [0.15, 0.2) is 0 Å². The van der Waals surface area contributed by atoms with Crippen molar-refractivity contribution in [3.05, 3.63) is 17.5 Å². The zero-order chi connectivity index (χ0) is 9.84. The van der Waals surface area contributed by atoms with Gasteiger partial charge < -0.3 is 5.73 Å². The average Bonchev–Trinajstić information content (AvgIpc) is 2.02. The van der Waals surface area contributed by atoms with Gasteiger partial charge in [0.05, 0.1) is 5.69 Å². The maximum absolute atomic E-state index is 11.1. The molecule has 0 spiro atoms. The highest BCUT2D eigenvalue weighted by molar-refractivity contribution is 5.80. The van der Waals surface area contributed by atoms with Crippen LogP contribution in [0, 0.1) is 6.92 Å². The fraction of sp³-hybridized carbons (Fsp3) is 0.444. The first-order valence-corrected chi connectivity index (χ1v) is 4.23. The van der Waals surface area contributed by atoms with Crippen LogP contribution in [0.5, 0.6) is 0 Å². The molecule has 0 saturated carbocycles. The van der Waals surface area contributed by atoms with Gasteiger partial charge in [-0.2, -0.15) is 0 Å². The molecule has 4 heteroatoms. The van der Waals surface area contributed by atoms with Crippen molar-refractivity contribution in [2.24, 2.45) is 0 Å². The number of nitrogens with zero attached hydrogens (tertiary/aromatic N) is 2. The minimum absolute atomic E-state index is 0.164. The molecule has 0 aromatic carbocycles. The van der Waals surface area contributed by atoms with Crippen molar-refractivity contribution >= 4 is 11.7 Å². The third kappa shape index (κ3) is 2.82. The van der Waals surface area contributed by atoms with E-state index >= 15 is 0 Å². The molecule has 70 valence electrons. The topological polar surface area (TPSA) is 68.9 Å². The van der Waals surface area contributed by atoms with Gasteiger partial charge in [-0.3, -0.25) is 4.79 Å². The number of carbonyl (C=O) groups is 1. The summed E-state index contributed by atoms with van der Waals surface area (Å²) in [6.07, 6.45) is 0.882. The van der Waals surface area contributed by atoms with E-state index in [1.165, 1.54) is 0 Å². The van der Waals surface area contributed by atoms with Gasteiger partial charge in [-0.1, -0.05) is 6.92 Å². The summed E-state index contributed by atoms with van der Waals surface area (Å²) in [5.74, 6) is 0.399. The van der Waals surface area contributed by atoms with E-state index in [4.69, 9.17) is 5.73 Å². The molecule has 0 unspecified atom stereocenters. The number of aryl methyl sites for hydroxylation is 1. The molecule has 1 aromatic heterocycles. The molecule has 1 heterocycles. The summed E-state index contributed by atoms with van der Waals surface area (Å²) in [5.41, 5.74) is 6.95. The summed E-state index contributed by atoms with van der Waals surface area (Å²) in [7, 11) is 0. The Labute approximate surface area is 77.2 Å². The predicted molar refractivity (Wildman–Crippen MR) is 50.2 cm³/mol. The summed E-state index contributed by atoms with van der Waals surface area (Å²) >= 11 is 0. The van der Waals surface area contributed by atoms with Crippen molar-refractivity contribution in [1.29, 1.82) is 0 Å². The molecule has 1 rings (SSSR count). The predicted octanol–water partition coefficient (Wildman–Crippen LogP) is 0.889. The highest BCUT2D eigenvalue weighted by atomic mass is 16.1. The normalized spacial score (nSPS) is 10.0. The zero-order valence-corrected chi connectivity index (χ0v) is 7.87. The summed E-state index contributed by atoms with van der Waals surface area (Å²) in [4.78, 5) is 19.0. The van der Waals surface area contributed by atoms with E-state index in [-0.39, 0.29) is 11.7 Å². The maximum Gasteiger partial charge on any atom is 0.220 e. The number of carbonyl (C=O) groups excluding carboxylic acids is 1. The molecule has 0 bridgehead atoms. The van der Waals surface area contributed by atoms with E-state index < -0.39 is 0 Å². The lowest BCUT2D eigenvalue weighted by Gasteiger charge is -2.00. The van der Waals surface area contributed by atoms with E-state index in [1.807, 2.05) is 13.8 Å². The number of hydrogen-bond acceptors (Lipinski definition) is 4. The Hall–Kier alpha value is -1.45. The monoisotopic (exact) mass is 179 g/mol. The van der Waals surface area contributed by atoms with E-state index in [0.717, 1.165) is 5.69 Å². The minimum atomic E-state index is 0.164. The van der Waals surface area contributed by atoms with Gasteiger partial charge in [0, 0.05) is 18.5 Å². The van der Waals surface area contributed by atoms with E-state index in [0.29, 0.717) is 18.5 Å². The lowest BCUT2D eigenvalue weighted by Crippen LogP contribution is -2.06. The minimum Gasteiger partial charge on any atom is -0.368 e. The third-order valence-corrected chi connectivity index (χ3v) is 1.70. The first-order valence-electron chi connectivity index (χ1n) is 4.23. The molecule has 0 radical (unpaired) electrons. The first kappa shape index (κ1) is 9.64. The highest BCUT2D eigenvalue weighted by Gasteiger charge is 2.04. The highest BCUT2D eigenvalue weighted by Crippen LogP contribution is 2.03. The van der Waals surface area contributed by atoms with Crippen LogP contribution in [0.25, 0.3) is 0 Å². The molecule has 0 saturated heterocycles. The zero-order valence-electron chi connectivity index (χ0n) is 7.87. The van der Waals surface area contributed by atoms with Crippen LogP contribution in [0.3, 0.4) is 0 Å². The second kappa shape index (κ2) is 3.98. The van der Waals surface area contributed by atoms with Crippen LogP contribution in [0.4, 0.5) is 5.95 Å². The summed E-state index contributed by atoms with van der Waals surface area (Å²) < 4.78 is 0. The lowest BCUT2D eigenvalue weighted by molar-refractivity contribution is -0.118. The Balaban J connectivity index is 2.83. The van der Waals surface area contributed by atoms with Gasteiger partial charge in [0.2, 0.25) is 5.95 Å². The second-order valence-corrected chi connectivity index (χ2v) is 2.93.